The molecule has 0 aliphatic carbocycles. The van der Waals surface area contributed by atoms with E-state index in [0.717, 1.165) is 5.52 Å². The minimum absolute atomic E-state index is 0.189. The predicted molar refractivity (Wildman–Crippen MR) is 86.4 cm³/mol. The van der Waals surface area contributed by atoms with Gasteiger partial charge in [0.1, 0.15) is 0 Å². The van der Waals surface area contributed by atoms with E-state index in [-0.39, 0.29) is 6.04 Å². The quantitative estimate of drug-likeness (QED) is 0.778. The second-order valence-electron chi connectivity index (χ2n) is 5.08. The van der Waals surface area contributed by atoms with Crippen molar-refractivity contribution in [3.05, 3.63) is 64.2 Å². The molecule has 2 nitrogen and oxygen atoms in total. The van der Waals surface area contributed by atoms with E-state index in [9.17, 15) is 0 Å². The molecule has 3 heteroatoms. The van der Waals surface area contributed by atoms with Crippen molar-refractivity contribution in [1.82, 2.24) is 10.3 Å². The van der Waals surface area contributed by atoms with Gasteiger partial charge in [-0.25, -0.2) is 0 Å². The highest BCUT2D eigenvalue weighted by molar-refractivity contribution is 7.17. The van der Waals surface area contributed by atoms with Crippen LogP contribution >= 0.6 is 11.3 Å². The first kappa shape index (κ1) is 13.3. The third-order valence-corrected chi connectivity index (χ3v) is 4.76. The van der Waals surface area contributed by atoms with E-state index in [1.165, 1.54) is 27.0 Å². The first-order chi connectivity index (χ1) is 9.70. The zero-order valence-electron chi connectivity index (χ0n) is 12.0. The van der Waals surface area contributed by atoms with E-state index in [4.69, 9.17) is 0 Å². The average molecular weight is 282 g/mol. The van der Waals surface area contributed by atoms with Gasteiger partial charge in [0, 0.05) is 6.20 Å². The van der Waals surface area contributed by atoms with Gasteiger partial charge in [-0.2, -0.15) is 0 Å². The third-order valence-electron chi connectivity index (χ3n) is 3.90. The molecule has 0 amide bonds. The minimum atomic E-state index is 0.189. The molecule has 2 aromatic heterocycles. The lowest BCUT2D eigenvalue weighted by Gasteiger charge is -2.20. The van der Waals surface area contributed by atoms with Crippen LogP contribution in [-0.4, -0.2) is 12.0 Å². The van der Waals surface area contributed by atoms with Gasteiger partial charge in [0.05, 0.1) is 16.3 Å². The molecule has 0 bridgehead atoms. The van der Waals surface area contributed by atoms with Crippen LogP contribution < -0.4 is 5.32 Å². The Morgan fingerprint density at radius 3 is 2.85 bits per heavy atom. The molecule has 3 aromatic rings. The summed E-state index contributed by atoms with van der Waals surface area (Å²) in [6.45, 7) is 4.35. The molecule has 0 radical (unpaired) electrons. The molecule has 0 aliphatic heterocycles. The smallest absolute Gasteiger partial charge is 0.0809 e. The molecule has 0 saturated carbocycles. The first-order valence-electron chi connectivity index (χ1n) is 6.77. The molecule has 0 aliphatic rings. The van der Waals surface area contributed by atoms with Crippen molar-refractivity contribution in [2.45, 2.75) is 19.9 Å². The van der Waals surface area contributed by atoms with Crippen LogP contribution in [0, 0.1) is 13.8 Å². The van der Waals surface area contributed by atoms with Crippen LogP contribution in [0.25, 0.3) is 10.2 Å². The largest absolute Gasteiger partial charge is 0.309 e. The second-order valence-corrected chi connectivity index (χ2v) is 6.03. The number of hydrogen-bond donors (Lipinski definition) is 1. The Labute approximate surface area is 123 Å². The van der Waals surface area contributed by atoms with Gasteiger partial charge in [-0.05, 0) is 60.7 Å². The summed E-state index contributed by atoms with van der Waals surface area (Å²) in [5, 5.41) is 5.52. The fraction of sp³-hybridized carbons (Fsp3) is 0.235. The molecule has 3 rings (SSSR count). The number of hydrogen-bond acceptors (Lipinski definition) is 3. The number of nitrogens with zero attached hydrogens (tertiary/aromatic N) is 1. The number of thiophene rings is 1. The first-order valence-corrected chi connectivity index (χ1v) is 7.65. The Kier molecular flexibility index (Phi) is 3.55. The second kappa shape index (κ2) is 5.35. The predicted octanol–water partition coefficient (Wildman–Crippen LogP) is 4.22. The molecule has 102 valence electrons. The molecule has 1 aromatic carbocycles. The maximum absolute atomic E-state index is 4.56. The Bertz CT molecular complexity index is 746. The standard InChI is InChI=1S/C17H18N2S/c1-11-5-4-6-14(12(11)2)17(18-3)13-9-16-15(19-10-13)7-8-20-16/h4-10,17-18H,1-3H3. The molecule has 1 atom stereocenters. The summed E-state index contributed by atoms with van der Waals surface area (Å²) < 4.78 is 1.24. The summed E-state index contributed by atoms with van der Waals surface area (Å²) in [5.41, 5.74) is 6.29. The summed E-state index contributed by atoms with van der Waals surface area (Å²) in [6.07, 6.45) is 1.98. The van der Waals surface area contributed by atoms with Crippen molar-refractivity contribution in [1.29, 1.82) is 0 Å². The number of benzene rings is 1. The molecule has 1 unspecified atom stereocenters. The SMILES string of the molecule is CNC(c1cnc2ccsc2c1)c1cccc(C)c1C. The normalized spacial score (nSPS) is 12.8. The lowest BCUT2D eigenvalue weighted by Crippen LogP contribution is -2.19. The van der Waals surface area contributed by atoms with Gasteiger partial charge >= 0.3 is 0 Å². The van der Waals surface area contributed by atoms with E-state index in [0.29, 0.717) is 0 Å². The van der Waals surface area contributed by atoms with Gasteiger partial charge in [0.15, 0.2) is 0 Å². The van der Waals surface area contributed by atoms with Gasteiger partial charge in [-0.15, -0.1) is 11.3 Å². The van der Waals surface area contributed by atoms with E-state index in [1.54, 1.807) is 11.3 Å². The third kappa shape index (κ3) is 2.23. The maximum atomic E-state index is 4.56. The summed E-state index contributed by atoms with van der Waals surface area (Å²) in [7, 11) is 2.01. The Hall–Kier alpha value is -1.71. The van der Waals surface area contributed by atoms with E-state index in [1.807, 2.05) is 13.2 Å². The van der Waals surface area contributed by atoms with Crippen LogP contribution in [0.2, 0.25) is 0 Å². The molecule has 0 fully saturated rings. The lowest BCUT2D eigenvalue weighted by atomic mass is 9.93. The van der Waals surface area contributed by atoms with Crippen LogP contribution in [0.1, 0.15) is 28.3 Å². The van der Waals surface area contributed by atoms with Gasteiger partial charge < -0.3 is 5.32 Å². The van der Waals surface area contributed by atoms with Gasteiger partial charge in [-0.1, -0.05) is 18.2 Å². The number of fused-ring (bicyclic) bond motifs is 1. The van der Waals surface area contributed by atoms with Crippen molar-refractivity contribution in [2.24, 2.45) is 0 Å². The van der Waals surface area contributed by atoms with Crippen LogP contribution in [0.5, 0.6) is 0 Å². The summed E-state index contributed by atoms with van der Waals surface area (Å²) in [5.74, 6) is 0. The number of rotatable bonds is 3. The van der Waals surface area contributed by atoms with Gasteiger partial charge in [0.25, 0.3) is 0 Å². The van der Waals surface area contributed by atoms with E-state index >= 15 is 0 Å². The van der Waals surface area contributed by atoms with E-state index < -0.39 is 0 Å². The molecular formula is C17H18N2S. The Balaban J connectivity index is 2.10. The molecule has 20 heavy (non-hydrogen) atoms. The zero-order valence-corrected chi connectivity index (χ0v) is 12.8. The summed E-state index contributed by atoms with van der Waals surface area (Å²) >= 11 is 1.74. The molecular weight excluding hydrogens is 264 g/mol. The number of aromatic nitrogens is 1. The van der Waals surface area contributed by atoms with Crippen LogP contribution in [0.15, 0.2) is 41.9 Å². The Morgan fingerprint density at radius 1 is 1.20 bits per heavy atom. The maximum Gasteiger partial charge on any atom is 0.0809 e. The number of aryl methyl sites for hydroxylation is 1. The van der Waals surface area contributed by atoms with Gasteiger partial charge in [0.2, 0.25) is 0 Å². The Morgan fingerprint density at radius 2 is 2.05 bits per heavy atom. The number of nitrogens with one attached hydrogen (secondary N) is 1. The topological polar surface area (TPSA) is 24.9 Å². The highest BCUT2D eigenvalue weighted by Gasteiger charge is 2.16. The molecule has 0 saturated heterocycles. The van der Waals surface area contributed by atoms with Crippen LogP contribution in [-0.2, 0) is 0 Å². The lowest BCUT2D eigenvalue weighted by molar-refractivity contribution is 0.685. The molecule has 0 spiro atoms. The van der Waals surface area contributed by atoms with Crippen molar-refractivity contribution >= 4 is 21.6 Å². The molecule has 1 N–H and O–H groups in total. The fourth-order valence-electron chi connectivity index (χ4n) is 2.61. The van der Waals surface area contributed by atoms with Crippen molar-refractivity contribution in [2.75, 3.05) is 7.05 Å². The van der Waals surface area contributed by atoms with Crippen molar-refractivity contribution < 1.29 is 0 Å². The van der Waals surface area contributed by atoms with Crippen LogP contribution in [0.3, 0.4) is 0 Å². The highest BCUT2D eigenvalue weighted by Crippen LogP contribution is 2.29. The van der Waals surface area contributed by atoms with Crippen LogP contribution in [0.4, 0.5) is 0 Å². The van der Waals surface area contributed by atoms with E-state index in [2.05, 4.69) is 59.9 Å². The number of pyridine rings is 1. The molecule has 2 heterocycles. The minimum Gasteiger partial charge on any atom is -0.309 e. The zero-order chi connectivity index (χ0) is 14.1. The highest BCUT2D eigenvalue weighted by atomic mass is 32.1. The fourth-order valence-corrected chi connectivity index (χ4v) is 3.40. The monoisotopic (exact) mass is 282 g/mol. The summed E-state index contributed by atoms with van der Waals surface area (Å²) in [4.78, 5) is 4.56. The average Bonchev–Trinajstić information content (AvgIpc) is 2.92. The summed E-state index contributed by atoms with van der Waals surface area (Å²) in [6, 6.07) is 11.0. The van der Waals surface area contributed by atoms with Gasteiger partial charge in [-0.3, -0.25) is 4.98 Å². The van der Waals surface area contributed by atoms with Crippen molar-refractivity contribution in [3.8, 4) is 0 Å². The van der Waals surface area contributed by atoms with Crippen molar-refractivity contribution in [3.63, 3.8) is 0 Å².